The second kappa shape index (κ2) is 6.82. The van der Waals surface area contributed by atoms with Crippen LogP contribution >= 0.6 is 11.3 Å². The summed E-state index contributed by atoms with van der Waals surface area (Å²) in [5.41, 5.74) is -0.0765. The molecule has 1 aromatic rings. The van der Waals surface area contributed by atoms with Gasteiger partial charge >= 0.3 is 11.9 Å². The first-order valence-corrected chi connectivity index (χ1v) is 8.04. The van der Waals surface area contributed by atoms with E-state index >= 15 is 0 Å². The van der Waals surface area contributed by atoms with Crippen molar-refractivity contribution in [2.24, 2.45) is 0 Å². The molecule has 0 saturated carbocycles. The zero-order chi connectivity index (χ0) is 15.3. The highest BCUT2D eigenvalue weighted by Crippen LogP contribution is 2.23. The molecule has 7 nitrogen and oxygen atoms in total. The van der Waals surface area contributed by atoms with Crippen LogP contribution in [0.15, 0.2) is 15.7 Å². The van der Waals surface area contributed by atoms with E-state index in [1.165, 1.54) is 12.4 Å². The van der Waals surface area contributed by atoms with E-state index in [0.717, 1.165) is 21.7 Å². The summed E-state index contributed by atoms with van der Waals surface area (Å²) in [5.74, 6) is -1.66. The van der Waals surface area contributed by atoms with Gasteiger partial charge in [-0.2, -0.15) is 4.31 Å². The highest BCUT2D eigenvalue weighted by molar-refractivity contribution is 7.91. The third-order valence-corrected chi connectivity index (χ3v) is 5.70. The van der Waals surface area contributed by atoms with Gasteiger partial charge in [0.2, 0.25) is 0 Å². The fraction of sp³-hybridized carbons (Fsp3) is 0.455. The molecule has 0 atom stereocenters. The number of esters is 1. The summed E-state index contributed by atoms with van der Waals surface area (Å²) < 4.78 is 29.9. The van der Waals surface area contributed by atoms with Gasteiger partial charge < -0.3 is 9.84 Å². The Bertz CT molecular complexity index is 592. The van der Waals surface area contributed by atoms with Gasteiger partial charge in [-0.05, 0) is 13.0 Å². The number of carbonyl (C=O) groups is 2. The van der Waals surface area contributed by atoms with Crippen LogP contribution in [0.2, 0.25) is 0 Å². The number of carboxylic acid groups (broad SMARTS) is 1. The van der Waals surface area contributed by atoms with Gasteiger partial charge in [-0.25, -0.2) is 13.2 Å². The number of carbonyl (C=O) groups excluding carboxylic acids is 1. The smallest absolute Gasteiger partial charge is 0.336 e. The SMILES string of the molecule is CCOC(=O)CCN(C)S(=O)(=O)c1cc(C(=O)O)cs1. The number of nitrogens with zero attached hydrogens (tertiary/aromatic N) is 1. The number of thiophene rings is 1. The Hall–Kier alpha value is -1.45. The van der Waals surface area contributed by atoms with E-state index in [9.17, 15) is 18.0 Å². The van der Waals surface area contributed by atoms with Crippen LogP contribution < -0.4 is 0 Å². The van der Waals surface area contributed by atoms with Crippen LogP contribution in [0, 0.1) is 0 Å². The Kier molecular flexibility index (Phi) is 5.66. The average Bonchev–Trinajstić information content (AvgIpc) is 2.86. The Morgan fingerprint density at radius 3 is 2.60 bits per heavy atom. The van der Waals surface area contributed by atoms with Crippen LogP contribution in [-0.4, -0.2) is 50.0 Å². The van der Waals surface area contributed by atoms with Gasteiger partial charge in [-0.1, -0.05) is 0 Å². The molecule has 0 aliphatic rings. The first kappa shape index (κ1) is 16.6. The predicted octanol–water partition coefficient (Wildman–Crippen LogP) is 1.02. The summed E-state index contributed by atoms with van der Waals surface area (Å²) >= 11 is 0.831. The quantitative estimate of drug-likeness (QED) is 0.752. The van der Waals surface area contributed by atoms with E-state index in [1.807, 2.05) is 0 Å². The lowest BCUT2D eigenvalue weighted by Crippen LogP contribution is -2.29. The highest BCUT2D eigenvalue weighted by atomic mass is 32.2. The first-order chi connectivity index (χ1) is 9.28. The maximum absolute atomic E-state index is 12.1. The van der Waals surface area contributed by atoms with Gasteiger partial charge in [0.1, 0.15) is 4.21 Å². The van der Waals surface area contributed by atoms with Crippen molar-refractivity contribution >= 4 is 33.3 Å². The average molecular weight is 321 g/mol. The van der Waals surface area contributed by atoms with Crippen LogP contribution in [0.4, 0.5) is 0 Å². The Morgan fingerprint density at radius 2 is 2.10 bits per heavy atom. The number of sulfonamides is 1. The molecule has 0 saturated heterocycles. The minimum absolute atomic E-state index is 0.0263. The molecular formula is C11H15NO6S2. The van der Waals surface area contributed by atoms with Gasteiger partial charge in [0.25, 0.3) is 10.0 Å². The largest absolute Gasteiger partial charge is 0.478 e. The van der Waals surface area contributed by atoms with Gasteiger partial charge in [0, 0.05) is 19.0 Å². The molecule has 9 heteroatoms. The summed E-state index contributed by atoms with van der Waals surface area (Å²) in [6.45, 7) is 1.88. The van der Waals surface area contributed by atoms with E-state index in [-0.39, 0.29) is 29.3 Å². The van der Waals surface area contributed by atoms with Crippen LogP contribution in [0.25, 0.3) is 0 Å². The lowest BCUT2D eigenvalue weighted by Gasteiger charge is -2.15. The van der Waals surface area contributed by atoms with Crippen molar-refractivity contribution in [2.45, 2.75) is 17.6 Å². The van der Waals surface area contributed by atoms with Crippen molar-refractivity contribution in [3.05, 3.63) is 17.0 Å². The van der Waals surface area contributed by atoms with Gasteiger partial charge in [-0.3, -0.25) is 4.79 Å². The third-order valence-electron chi connectivity index (χ3n) is 2.42. The van der Waals surface area contributed by atoms with Gasteiger partial charge in [0.15, 0.2) is 0 Å². The monoisotopic (exact) mass is 321 g/mol. The lowest BCUT2D eigenvalue weighted by molar-refractivity contribution is -0.143. The van der Waals surface area contributed by atoms with Crippen molar-refractivity contribution < 1.29 is 27.9 Å². The molecule has 20 heavy (non-hydrogen) atoms. The number of rotatable bonds is 7. The van der Waals surface area contributed by atoms with Crippen LogP contribution in [-0.2, 0) is 19.6 Å². The number of ether oxygens (including phenoxy) is 1. The molecule has 0 spiro atoms. The zero-order valence-corrected chi connectivity index (χ0v) is 12.7. The van der Waals surface area contributed by atoms with E-state index in [1.54, 1.807) is 6.92 Å². The number of hydrogen-bond acceptors (Lipinski definition) is 6. The molecular weight excluding hydrogens is 306 g/mol. The summed E-state index contributed by atoms with van der Waals surface area (Å²) in [5, 5.41) is 10.0. The number of aromatic carboxylic acids is 1. The van der Waals surface area contributed by atoms with Gasteiger partial charge in [-0.15, -0.1) is 11.3 Å². The molecule has 0 radical (unpaired) electrons. The topological polar surface area (TPSA) is 101 Å². The number of carboxylic acids is 1. The van der Waals surface area contributed by atoms with Crippen LogP contribution in [0.5, 0.6) is 0 Å². The van der Waals surface area contributed by atoms with Crippen molar-refractivity contribution in [1.29, 1.82) is 0 Å². The summed E-state index contributed by atoms with van der Waals surface area (Å²) in [6.07, 6.45) is -0.0548. The lowest BCUT2D eigenvalue weighted by atomic mass is 10.4. The molecule has 1 rings (SSSR count). The molecule has 1 aromatic heterocycles. The molecule has 0 aromatic carbocycles. The Labute approximate surface area is 120 Å². The fourth-order valence-electron chi connectivity index (χ4n) is 1.32. The maximum atomic E-state index is 12.1. The predicted molar refractivity (Wildman–Crippen MR) is 72.3 cm³/mol. The minimum Gasteiger partial charge on any atom is -0.478 e. The molecule has 0 aliphatic heterocycles. The number of hydrogen-bond donors (Lipinski definition) is 1. The highest BCUT2D eigenvalue weighted by Gasteiger charge is 2.24. The summed E-state index contributed by atoms with van der Waals surface area (Å²) in [7, 11) is -2.45. The van der Waals surface area contributed by atoms with Crippen LogP contribution in [0.1, 0.15) is 23.7 Å². The molecule has 0 unspecified atom stereocenters. The van der Waals surface area contributed by atoms with E-state index < -0.39 is 22.0 Å². The first-order valence-electron chi connectivity index (χ1n) is 5.72. The second-order valence-electron chi connectivity index (χ2n) is 3.84. The Morgan fingerprint density at radius 1 is 1.45 bits per heavy atom. The molecule has 1 heterocycles. The molecule has 1 N–H and O–H groups in total. The molecule has 0 aliphatic carbocycles. The zero-order valence-electron chi connectivity index (χ0n) is 11.0. The molecule has 0 fully saturated rings. The fourth-order valence-corrected chi connectivity index (χ4v) is 3.85. The molecule has 112 valence electrons. The van der Waals surface area contributed by atoms with E-state index in [2.05, 4.69) is 0 Å². The Balaban J connectivity index is 2.76. The molecule has 0 bridgehead atoms. The van der Waals surface area contributed by atoms with Crippen LogP contribution in [0.3, 0.4) is 0 Å². The maximum Gasteiger partial charge on any atom is 0.336 e. The standard InChI is InChI=1S/C11H15NO6S2/c1-3-18-9(13)4-5-12(2)20(16,17)10-6-8(7-19-10)11(14)15/h6-7H,3-5H2,1-2H3,(H,14,15). The van der Waals surface area contributed by atoms with E-state index in [0.29, 0.717) is 0 Å². The summed E-state index contributed by atoms with van der Waals surface area (Å²) in [4.78, 5) is 21.9. The third kappa shape index (κ3) is 4.02. The molecule has 0 amide bonds. The normalized spacial score (nSPS) is 11.6. The van der Waals surface area contributed by atoms with Crippen molar-refractivity contribution in [3.63, 3.8) is 0 Å². The second-order valence-corrected chi connectivity index (χ2v) is 7.02. The minimum atomic E-state index is -3.78. The van der Waals surface area contributed by atoms with Crippen molar-refractivity contribution in [2.75, 3.05) is 20.2 Å². The summed E-state index contributed by atoms with van der Waals surface area (Å²) in [6, 6.07) is 1.10. The van der Waals surface area contributed by atoms with Crippen molar-refractivity contribution in [1.82, 2.24) is 4.31 Å². The van der Waals surface area contributed by atoms with Gasteiger partial charge in [0.05, 0.1) is 18.6 Å². The van der Waals surface area contributed by atoms with E-state index in [4.69, 9.17) is 9.84 Å². The van der Waals surface area contributed by atoms with Crippen molar-refractivity contribution in [3.8, 4) is 0 Å².